The maximum Gasteiger partial charge on any atom is 0.299 e. The Morgan fingerprint density at radius 2 is 1.40 bits per heavy atom. The van der Waals surface area contributed by atoms with Crippen LogP contribution in [0, 0.1) is 0 Å². The predicted octanol–water partition coefficient (Wildman–Crippen LogP) is -0.321. The van der Waals surface area contributed by atoms with Crippen molar-refractivity contribution in [3.05, 3.63) is 0 Å². The molecule has 0 aromatic heterocycles. The van der Waals surface area contributed by atoms with Crippen LogP contribution in [0.25, 0.3) is 0 Å². The molecule has 5 heteroatoms. The van der Waals surface area contributed by atoms with E-state index in [9.17, 15) is 0 Å². The van der Waals surface area contributed by atoms with Crippen LogP contribution in [-0.2, 0) is 33.7 Å². The number of rotatable bonds is 0. The Morgan fingerprint density at radius 1 is 1.40 bits per heavy atom. The number of hydrogen-bond acceptors (Lipinski definition) is 1. The Kier molecular flexibility index (Phi) is 8.91. The zero-order valence-electron chi connectivity index (χ0n) is 2.16. The Hall–Kier alpha value is 0.810. The molecule has 0 fully saturated rings. The van der Waals surface area contributed by atoms with Crippen molar-refractivity contribution in [2.45, 2.75) is 0 Å². The van der Waals surface area contributed by atoms with Crippen LogP contribution in [0.5, 0.6) is 0 Å². The van der Waals surface area contributed by atoms with E-state index in [2.05, 4.69) is 0 Å². The zero-order valence-corrected chi connectivity index (χ0v) is 5.17. The molecular formula is H2NbO3S. The van der Waals surface area contributed by atoms with Gasteiger partial charge in [-0.3, -0.25) is 9.11 Å². The summed E-state index contributed by atoms with van der Waals surface area (Å²) in [5, 5.41) is 0. The van der Waals surface area contributed by atoms with E-state index in [4.69, 9.17) is 13.3 Å². The summed E-state index contributed by atoms with van der Waals surface area (Å²) in [4.78, 5) is 0. The predicted molar refractivity (Wildman–Crippen MR) is 13.4 cm³/mol. The third-order valence-corrected chi connectivity index (χ3v) is 0. The molecule has 0 aromatic rings. The van der Waals surface area contributed by atoms with Crippen LogP contribution in [-0.4, -0.2) is 13.3 Å². The average Bonchev–Trinajstić information content (AvgIpc) is 0.811. The second-order valence-electron chi connectivity index (χ2n) is 0.231. The van der Waals surface area contributed by atoms with Crippen molar-refractivity contribution in [2.24, 2.45) is 0 Å². The maximum absolute atomic E-state index is 8.67. The minimum absolute atomic E-state index is 0. The normalized spacial score (nSPS) is 7.00. The first-order valence-corrected chi connectivity index (χ1v) is 1.60. The van der Waals surface area contributed by atoms with Crippen molar-refractivity contribution >= 4 is 11.4 Å². The summed E-state index contributed by atoms with van der Waals surface area (Å²) in [6.45, 7) is 0. The first-order chi connectivity index (χ1) is 1.73. The first-order valence-electron chi connectivity index (χ1n) is 0.532. The van der Waals surface area contributed by atoms with E-state index in [1.807, 2.05) is 0 Å². The second-order valence-corrected chi connectivity index (χ2v) is 0.692. The Bertz CT molecular complexity index is 29.9. The molecule has 0 rings (SSSR count). The summed E-state index contributed by atoms with van der Waals surface area (Å²) >= 11 is -2.61. The van der Waals surface area contributed by atoms with Gasteiger partial charge in [0.25, 0.3) is 11.4 Å². The van der Waals surface area contributed by atoms with Crippen LogP contribution in [0.1, 0.15) is 0 Å². The first kappa shape index (κ1) is 9.26. The van der Waals surface area contributed by atoms with E-state index >= 15 is 0 Å². The second kappa shape index (κ2) is 4.81. The quantitative estimate of drug-likeness (QED) is 0.391. The summed E-state index contributed by atoms with van der Waals surface area (Å²) < 4.78 is 22.8. The summed E-state index contributed by atoms with van der Waals surface area (Å²) in [5.74, 6) is 0. The molecule has 5 heavy (non-hydrogen) atoms. The van der Waals surface area contributed by atoms with Gasteiger partial charge in [-0.25, -0.2) is 0 Å². The molecule has 2 N–H and O–H groups in total. The van der Waals surface area contributed by atoms with E-state index < -0.39 is 11.4 Å². The van der Waals surface area contributed by atoms with E-state index in [1.54, 1.807) is 0 Å². The van der Waals surface area contributed by atoms with Gasteiger partial charge in [0.05, 0.1) is 0 Å². The van der Waals surface area contributed by atoms with Gasteiger partial charge in [-0.2, -0.15) is 4.21 Å². The summed E-state index contributed by atoms with van der Waals surface area (Å²) in [6, 6.07) is 0. The van der Waals surface area contributed by atoms with E-state index in [1.165, 1.54) is 0 Å². The van der Waals surface area contributed by atoms with Gasteiger partial charge in [0.1, 0.15) is 0 Å². The summed E-state index contributed by atoms with van der Waals surface area (Å²) in [5.41, 5.74) is 0. The molecule has 0 atom stereocenters. The van der Waals surface area contributed by atoms with Crippen molar-refractivity contribution in [3.63, 3.8) is 0 Å². The Morgan fingerprint density at radius 3 is 1.40 bits per heavy atom. The summed E-state index contributed by atoms with van der Waals surface area (Å²) in [6.07, 6.45) is 0. The molecule has 0 saturated heterocycles. The molecule has 0 aliphatic carbocycles. The topological polar surface area (TPSA) is 57.5 Å². The zero-order chi connectivity index (χ0) is 3.58. The Balaban J connectivity index is 0. The molecule has 0 aliphatic heterocycles. The third kappa shape index (κ3) is 57.9. The van der Waals surface area contributed by atoms with Gasteiger partial charge in [0.15, 0.2) is 0 Å². The molecule has 31 valence electrons. The molecule has 0 heterocycles. The van der Waals surface area contributed by atoms with Gasteiger partial charge in [-0.1, -0.05) is 0 Å². The molecule has 0 saturated carbocycles. The fourth-order valence-electron chi connectivity index (χ4n) is 0. The molecule has 0 aliphatic rings. The van der Waals surface area contributed by atoms with Crippen molar-refractivity contribution in [3.8, 4) is 0 Å². The standard InChI is InChI=1S/Nb.H2O3S/c;1-4(2)3/h;(H2,1,2,3). The van der Waals surface area contributed by atoms with E-state index in [0.29, 0.717) is 0 Å². The van der Waals surface area contributed by atoms with Crippen LogP contribution in [0.4, 0.5) is 0 Å². The molecule has 3 nitrogen and oxygen atoms in total. The van der Waals surface area contributed by atoms with Crippen molar-refractivity contribution < 1.29 is 35.7 Å². The van der Waals surface area contributed by atoms with Crippen molar-refractivity contribution in [1.82, 2.24) is 0 Å². The number of hydrogen-bond donors (Lipinski definition) is 2. The van der Waals surface area contributed by atoms with Crippen LogP contribution in [0.15, 0.2) is 0 Å². The largest absolute Gasteiger partial charge is 0.299 e. The molecular weight excluding hydrogens is 173 g/mol. The van der Waals surface area contributed by atoms with Crippen LogP contribution in [0.2, 0.25) is 0 Å². The van der Waals surface area contributed by atoms with Gasteiger partial charge in [-0.15, -0.1) is 0 Å². The molecule has 0 bridgehead atoms. The molecule has 0 spiro atoms. The monoisotopic (exact) mass is 175 g/mol. The molecule has 0 unspecified atom stereocenters. The third-order valence-electron chi connectivity index (χ3n) is 0. The van der Waals surface area contributed by atoms with E-state index in [-0.39, 0.29) is 22.4 Å². The van der Waals surface area contributed by atoms with Gasteiger partial charge >= 0.3 is 0 Å². The minimum atomic E-state index is -2.61. The fourth-order valence-corrected chi connectivity index (χ4v) is 0. The van der Waals surface area contributed by atoms with Gasteiger partial charge in [0, 0.05) is 22.4 Å². The van der Waals surface area contributed by atoms with Gasteiger partial charge in [-0.05, 0) is 0 Å². The van der Waals surface area contributed by atoms with Crippen LogP contribution < -0.4 is 0 Å². The maximum atomic E-state index is 8.67. The van der Waals surface area contributed by atoms with Crippen molar-refractivity contribution in [2.75, 3.05) is 0 Å². The molecule has 0 amide bonds. The summed E-state index contributed by atoms with van der Waals surface area (Å²) in [7, 11) is 0. The van der Waals surface area contributed by atoms with Crippen LogP contribution in [0.3, 0.4) is 0 Å². The molecule has 0 aromatic carbocycles. The average molecular weight is 175 g/mol. The minimum Gasteiger partial charge on any atom is -0.284 e. The van der Waals surface area contributed by atoms with Crippen LogP contribution >= 0.6 is 0 Å². The van der Waals surface area contributed by atoms with Crippen molar-refractivity contribution in [1.29, 1.82) is 0 Å². The smallest absolute Gasteiger partial charge is 0.284 e. The fraction of sp³-hybridized carbons (Fsp3) is 0. The van der Waals surface area contributed by atoms with Gasteiger partial charge < -0.3 is 0 Å². The SMILES string of the molecule is O=S(O)O.[Nb]. The molecule has 1 radical (unpaired) electrons. The Labute approximate surface area is 47.4 Å². The van der Waals surface area contributed by atoms with E-state index in [0.717, 1.165) is 0 Å². The van der Waals surface area contributed by atoms with Gasteiger partial charge in [0.2, 0.25) is 0 Å².